The lowest BCUT2D eigenvalue weighted by molar-refractivity contribution is 0.103. The highest BCUT2D eigenvalue weighted by Gasteiger charge is 2.11. The van der Waals surface area contributed by atoms with Gasteiger partial charge in [0.25, 0.3) is 0 Å². The highest BCUT2D eigenvalue weighted by molar-refractivity contribution is 6.10. The summed E-state index contributed by atoms with van der Waals surface area (Å²) in [5.74, 6) is -0.0582. The highest BCUT2D eigenvalue weighted by atomic mass is 16.1. The van der Waals surface area contributed by atoms with E-state index in [1.165, 1.54) is 5.56 Å². The lowest BCUT2D eigenvalue weighted by atomic mass is 9.99. The van der Waals surface area contributed by atoms with Crippen LogP contribution in [-0.2, 0) is 0 Å². The van der Waals surface area contributed by atoms with E-state index >= 15 is 0 Å². The molecule has 2 aromatic carbocycles. The Bertz CT molecular complexity index is 598. The maximum absolute atomic E-state index is 12.3. The SMILES string of the molecule is Cc1ccc(C(=O)c2cc(N)cc(N)c2)cc1C. The minimum absolute atomic E-state index is 0.0582. The van der Waals surface area contributed by atoms with Crippen molar-refractivity contribution in [2.75, 3.05) is 11.5 Å². The third-order valence-electron chi connectivity index (χ3n) is 3.01. The van der Waals surface area contributed by atoms with E-state index in [0.29, 0.717) is 22.5 Å². The molecule has 0 heterocycles. The zero-order valence-corrected chi connectivity index (χ0v) is 10.5. The van der Waals surface area contributed by atoms with Crippen molar-refractivity contribution >= 4 is 17.2 Å². The molecule has 0 fully saturated rings. The van der Waals surface area contributed by atoms with E-state index in [2.05, 4.69) is 0 Å². The Kier molecular flexibility index (Phi) is 3.06. The van der Waals surface area contributed by atoms with Gasteiger partial charge in [-0.1, -0.05) is 12.1 Å². The van der Waals surface area contributed by atoms with E-state index in [1.807, 2.05) is 32.0 Å². The molecule has 0 saturated carbocycles. The van der Waals surface area contributed by atoms with Crippen LogP contribution in [0.5, 0.6) is 0 Å². The van der Waals surface area contributed by atoms with Crippen molar-refractivity contribution in [3.05, 3.63) is 58.7 Å². The quantitative estimate of drug-likeness (QED) is 0.626. The first-order valence-corrected chi connectivity index (χ1v) is 5.75. The summed E-state index contributed by atoms with van der Waals surface area (Å²) in [7, 11) is 0. The Morgan fingerprint density at radius 2 is 1.44 bits per heavy atom. The molecule has 92 valence electrons. The van der Waals surface area contributed by atoms with Gasteiger partial charge >= 0.3 is 0 Å². The van der Waals surface area contributed by atoms with Gasteiger partial charge in [-0.3, -0.25) is 4.79 Å². The number of hydrogen-bond donors (Lipinski definition) is 2. The molecule has 0 aromatic heterocycles. The monoisotopic (exact) mass is 240 g/mol. The zero-order valence-electron chi connectivity index (χ0n) is 10.5. The zero-order chi connectivity index (χ0) is 13.3. The molecule has 2 aromatic rings. The average Bonchev–Trinajstić information content (AvgIpc) is 2.30. The standard InChI is InChI=1S/C15H16N2O/c1-9-3-4-11(5-10(9)2)15(18)12-6-13(16)8-14(17)7-12/h3-8H,16-17H2,1-2H3. The number of aryl methyl sites for hydroxylation is 2. The molecule has 2 rings (SSSR count). The van der Waals surface area contributed by atoms with Gasteiger partial charge in [-0.15, -0.1) is 0 Å². The summed E-state index contributed by atoms with van der Waals surface area (Å²) in [6.45, 7) is 4.00. The molecule has 0 aliphatic heterocycles. The summed E-state index contributed by atoms with van der Waals surface area (Å²) in [6.07, 6.45) is 0. The van der Waals surface area contributed by atoms with Crippen LogP contribution in [0, 0.1) is 13.8 Å². The van der Waals surface area contributed by atoms with Crippen molar-refractivity contribution in [3.8, 4) is 0 Å². The molecular formula is C15H16N2O. The smallest absolute Gasteiger partial charge is 0.193 e. The molecule has 0 unspecified atom stereocenters. The molecule has 0 amide bonds. The first-order chi connectivity index (χ1) is 8.47. The van der Waals surface area contributed by atoms with Crippen LogP contribution in [0.1, 0.15) is 27.0 Å². The maximum atomic E-state index is 12.3. The fourth-order valence-corrected chi connectivity index (χ4v) is 1.86. The molecule has 0 radical (unpaired) electrons. The van der Waals surface area contributed by atoms with Gasteiger partial charge in [-0.05, 0) is 49.2 Å². The maximum Gasteiger partial charge on any atom is 0.193 e. The average molecular weight is 240 g/mol. The molecule has 0 bridgehead atoms. The summed E-state index contributed by atoms with van der Waals surface area (Å²) in [5.41, 5.74) is 15.8. The minimum atomic E-state index is -0.0582. The van der Waals surface area contributed by atoms with Gasteiger partial charge in [-0.2, -0.15) is 0 Å². The number of carbonyl (C=O) groups is 1. The number of rotatable bonds is 2. The Labute approximate surface area is 106 Å². The van der Waals surface area contributed by atoms with Crippen molar-refractivity contribution < 1.29 is 4.79 Å². The number of benzene rings is 2. The third-order valence-corrected chi connectivity index (χ3v) is 3.01. The summed E-state index contributed by atoms with van der Waals surface area (Å²) >= 11 is 0. The van der Waals surface area contributed by atoms with Gasteiger partial charge in [0, 0.05) is 22.5 Å². The molecular weight excluding hydrogens is 224 g/mol. The number of ketones is 1. The molecule has 0 aliphatic carbocycles. The van der Waals surface area contributed by atoms with Gasteiger partial charge in [0.1, 0.15) is 0 Å². The Morgan fingerprint density at radius 3 is 2.00 bits per heavy atom. The molecule has 3 nitrogen and oxygen atoms in total. The number of anilines is 2. The third kappa shape index (κ3) is 2.35. The normalized spacial score (nSPS) is 10.3. The van der Waals surface area contributed by atoms with Crippen LogP contribution < -0.4 is 11.5 Å². The van der Waals surface area contributed by atoms with E-state index in [1.54, 1.807) is 18.2 Å². The van der Waals surface area contributed by atoms with Crippen molar-refractivity contribution in [1.29, 1.82) is 0 Å². The molecule has 4 N–H and O–H groups in total. The minimum Gasteiger partial charge on any atom is -0.399 e. The van der Waals surface area contributed by atoms with E-state index < -0.39 is 0 Å². The van der Waals surface area contributed by atoms with Crippen molar-refractivity contribution in [2.24, 2.45) is 0 Å². The van der Waals surface area contributed by atoms with Crippen LogP contribution in [0.25, 0.3) is 0 Å². The number of hydrogen-bond acceptors (Lipinski definition) is 3. The van der Waals surface area contributed by atoms with Gasteiger partial charge in [0.15, 0.2) is 5.78 Å². The molecule has 0 aliphatic rings. The fraction of sp³-hybridized carbons (Fsp3) is 0.133. The van der Waals surface area contributed by atoms with Gasteiger partial charge in [0.2, 0.25) is 0 Å². The van der Waals surface area contributed by atoms with E-state index in [0.717, 1.165) is 5.56 Å². The van der Waals surface area contributed by atoms with Crippen LogP contribution in [0.4, 0.5) is 11.4 Å². The van der Waals surface area contributed by atoms with E-state index in [9.17, 15) is 4.79 Å². The van der Waals surface area contributed by atoms with Gasteiger partial charge < -0.3 is 11.5 Å². The van der Waals surface area contributed by atoms with Crippen LogP contribution in [0.3, 0.4) is 0 Å². The lowest BCUT2D eigenvalue weighted by Crippen LogP contribution is -2.04. The Hall–Kier alpha value is -2.29. The second kappa shape index (κ2) is 4.53. The molecule has 18 heavy (non-hydrogen) atoms. The van der Waals surface area contributed by atoms with Crippen molar-refractivity contribution in [2.45, 2.75) is 13.8 Å². The van der Waals surface area contributed by atoms with Gasteiger partial charge in [-0.25, -0.2) is 0 Å². The first kappa shape index (κ1) is 12.2. The topological polar surface area (TPSA) is 69.1 Å². The van der Waals surface area contributed by atoms with Crippen molar-refractivity contribution in [3.63, 3.8) is 0 Å². The Balaban J connectivity index is 2.44. The fourth-order valence-electron chi connectivity index (χ4n) is 1.86. The summed E-state index contributed by atoms with van der Waals surface area (Å²) in [6, 6.07) is 10.6. The molecule has 0 saturated heterocycles. The van der Waals surface area contributed by atoms with Crippen LogP contribution in [0.2, 0.25) is 0 Å². The van der Waals surface area contributed by atoms with Crippen LogP contribution >= 0.6 is 0 Å². The highest BCUT2D eigenvalue weighted by Crippen LogP contribution is 2.19. The second-order valence-electron chi connectivity index (χ2n) is 4.52. The van der Waals surface area contributed by atoms with E-state index in [4.69, 9.17) is 11.5 Å². The van der Waals surface area contributed by atoms with E-state index in [-0.39, 0.29) is 5.78 Å². The molecule has 0 spiro atoms. The lowest BCUT2D eigenvalue weighted by Gasteiger charge is -2.06. The predicted octanol–water partition coefficient (Wildman–Crippen LogP) is 2.70. The van der Waals surface area contributed by atoms with Crippen molar-refractivity contribution in [1.82, 2.24) is 0 Å². The summed E-state index contributed by atoms with van der Waals surface area (Å²) in [5, 5.41) is 0. The summed E-state index contributed by atoms with van der Waals surface area (Å²) in [4.78, 5) is 12.3. The number of nitrogens with two attached hydrogens (primary N) is 2. The first-order valence-electron chi connectivity index (χ1n) is 5.75. The summed E-state index contributed by atoms with van der Waals surface area (Å²) < 4.78 is 0. The molecule has 3 heteroatoms. The van der Waals surface area contributed by atoms with Gasteiger partial charge in [0.05, 0.1) is 0 Å². The van der Waals surface area contributed by atoms with Crippen LogP contribution in [0.15, 0.2) is 36.4 Å². The Morgan fingerprint density at radius 1 is 0.833 bits per heavy atom. The second-order valence-corrected chi connectivity index (χ2v) is 4.52. The predicted molar refractivity (Wildman–Crippen MR) is 74.6 cm³/mol. The number of nitrogen functional groups attached to an aromatic ring is 2. The molecule has 0 atom stereocenters. The van der Waals surface area contributed by atoms with Crippen LogP contribution in [-0.4, -0.2) is 5.78 Å². The number of carbonyl (C=O) groups excluding carboxylic acids is 1. The largest absolute Gasteiger partial charge is 0.399 e.